The molecular weight excluding hydrogens is 364 g/mol. The summed E-state index contributed by atoms with van der Waals surface area (Å²) in [6.45, 7) is 12.8. The van der Waals surface area contributed by atoms with Gasteiger partial charge in [-0.15, -0.1) is 0 Å². The summed E-state index contributed by atoms with van der Waals surface area (Å²) >= 11 is 0. The zero-order valence-corrected chi connectivity index (χ0v) is 18.5. The van der Waals surface area contributed by atoms with Gasteiger partial charge in [-0.25, -0.2) is 0 Å². The Morgan fingerprint density at radius 1 is 1.28 bits per heavy atom. The molecular formula is C23H38N4O2. The van der Waals surface area contributed by atoms with Crippen LogP contribution in [0.15, 0.2) is 35.3 Å². The molecule has 0 amide bonds. The Bertz CT molecular complexity index is 637. The maximum Gasteiger partial charge on any atom is 0.193 e. The number of ether oxygens (including phenoxy) is 2. The van der Waals surface area contributed by atoms with Crippen molar-refractivity contribution in [1.29, 1.82) is 0 Å². The Labute approximate surface area is 176 Å². The minimum absolute atomic E-state index is 0.248. The van der Waals surface area contributed by atoms with Crippen molar-refractivity contribution in [2.45, 2.75) is 52.0 Å². The van der Waals surface area contributed by atoms with E-state index >= 15 is 0 Å². The Kier molecular flexibility index (Phi) is 8.33. The van der Waals surface area contributed by atoms with Crippen LogP contribution in [0.3, 0.4) is 0 Å². The molecule has 2 heterocycles. The van der Waals surface area contributed by atoms with Gasteiger partial charge in [-0.1, -0.05) is 44.2 Å². The molecule has 1 aromatic rings. The van der Waals surface area contributed by atoms with E-state index in [-0.39, 0.29) is 12.2 Å². The van der Waals surface area contributed by atoms with Crippen molar-refractivity contribution in [3.8, 4) is 0 Å². The second-order valence-electron chi connectivity index (χ2n) is 8.34. The van der Waals surface area contributed by atoms with Crippen molar-refractivity contribution < 1.29 is 9.47 Å². The SMILES string of the molecule is CCOC(CCNC(=NC)N1CC2OCCN(Cc3ccccc3)C2C1)C(C)C. The zero-order chi connectivity index (χ0) is 20.6. The van der Waals surface area contributed by atoms with Crippen LogP contribution in [-0.2, 0) is 16.0 Å². The molecule has 2 aliphatic heterocycles. The first-order valence-corrected chi connectivity index (χ1v) is 11.1. The number of nitrogens with one attached hydrogen (secondary N) is 1. The van der Waals surface area contributed by atoms with Gasteiger partial charge in [0.15, 0.2) is 5.96 Å². The van der Waals surface area contributed by atoms with E-state index in [0.717, 1.165) is 58.3 Å². The third kappa shape index (κ3) is 5.93. The predicted molar refractivity (Wildman–Crippen MR) is 118 cm³/mol. The van der Waals surface area contributed by atoms with Gasteiger partial charge in [-0.05, 0) is 24.8 Å². The molecule has 0 aromatic heterocycles. The third-order valence-electron chi connectivity index (χ3n) is 5.99. The van der Waals surface area contributed by atoms with Crippen LogP contribution in [-0.4, -0.2) is 80.4 Å². The van der Waals surface area contributed by atoms with Gasteiger partial charge in [0.2, 0.25) is 0 Å². The normalized spacial score (nSPS) is 24.0. The summed E-state index contributed by atoms with van der Waals surface area (Å²) in [4.78, 5) is 9.46. The highest BCUT2D eigenvalue weighted by atomic mass is 16.5. The fourth-order valence-electron chi connectivity index (χ4n) is 4.43. The van der Waals surface area contributed by atoms with Gasteiger partial charge in [0.05, 0.1) is 24.9 Å². The molecule has 29 heavy (non-hydrogen) atoms. The smallest absolute Gasteiger partial charge is 0.193 e. The van der Waals surface area contributed by atoms with Crippen molar-refractivity contribution in [2.75, 3.05) is 46.4 Å². The van der Waals surface area contributed by atoms with E-state index in [1.54, 1.807) is 0 Å². The summed E-state index contributed by atoms with van der Waals surface area (Å²) in [7, 11) is 1.87. The maximum absolute atomic E-state index is 6.11. The largest absolute Gasteiger partial charge is 0.378 e. The second-order valence-corrected chi connectivity index (χ2v) is 8.34. The van der Waals surface area contributed by atoms with Crippen LogP contribution in [0.1, 0.15) is 32.8 Å². The number of hydrogen-bond acceptors (Lipinski definition) is 4. The number of fused-ring (bicyclic) bond motifs is 1. The van der Waals surface area contributed by atoms with Crippen LogP contribution >= 0.6 is 0 Å². The quantitative estimate of drug-likeness (QED) is 0.535. The van der Waals surface area contributed by atoms with E-state index < -0.39 is 0 Å². The van der Waals surface area contributed by atoms with E-state index in [1.165, 1.54) is 5.56 Å². The van der Waals surface area contributed by atoms with Crippen LogP contribution in [0.5, 0.6) is 0 Å². The average Bonchev–Trinajstić information content (AvgIpc) is 3.16. The van der Waals surface area contributed by atoms with Crippen LogP contribution < -0.4 is 5.32 Å². The van der Waals surface area contributed by atoms with Gasteiger partial charge < -0.3 is 19.7 Å². The van der Waals surface area contributed by atoms with Crippen molar-refractivity contribution >= 4 is 5.96 Å². The first-order chi connectivity index (χ1) is 14.1. The molecule has 1 N–H and O–H groups in total. The lowest BCUT2D eigenvalue weighted by molar-refractivity contribution is -0.0502. The number of benzene rings is 1. The molecule has 2 aliphatic rings. The van der Waals surface area contributed by atoms with Gasteiger partial charge in [0.25, 0.3) is 0 Å². The number of nitrogens with zero attached hydrogens (tertiary/aromatic N) is 3. The molecule has 3 rings (SSSR count). The van der Waals surface area contributed by atoms with Crippen molar-refractivity contribution in [3.63, 3.8) is 0 Å². The molecule has 2 fully saturated rings. The monoisotopic (exact) mass is 402 g/mol. The third-order valence-corrected chi connectivity index (χ3v) is 5.99. The molecule has 6 nitrogen and oxygen atoms in total. The summed E-state index contributed by atoms with van der Waals surface area (Å²) in [5.74, 6) is 1.50. The van der Waals surface area contributed by atoms with E-state index in [4.69, 9.17) is 9.47 Å². The number of rotatable bonds is 8. The summed E-state index contributed by atoms with van der Waals surface area (Å²) in [6.07, 6.45) is 1.52. The molecule has 0 radical (unpaired) electrons. The van der Waals surface area contributed by atoms with Crippen LogP contribution in [0.2, 0.25) is 0 Å². The average molecular weight is 403 g/mol. The fraction of sp³-hybridized carbons (Fsp3) is 0.696. The highest BCUT2D eigenvalue weighted by Crippen LogP contribution is 2.24. The van der Waals surface area contributed by atoms with E-state index in [0.29, 0.717) is 12.0 Å². The molecule has 3 unspecified atom stereocenters. The molecule has 0 saturated carbocycles. The Hall–Kier alpha value is -1.63. The van der Waals surface area contributed by atoms with Gasteiger partial charge in [-0.3, -0.25) is 9.89 Å². The summed E-state index contributed by atoms with van der Waals surface area (Å²) in [6, 6.07) is 11.1. The van der Waals surface area contributed by atoms with Crippen LogP contribution in [0.25, 0.3) is 0 Å². The van der Waals surface area contributed by atoms with Crippen LogP contribution in [0, 0.1) is 5.92 Å². The standard InChI is InChI=1S/C23H38N4O2/c1-5-28-21(18(2)3)11-12-25-23(24-4)27-16-20-22(17-27)29-14-13-26(20)15-19-9-7-6-8-10-19/h6-10,18,20-22H,5,11-17H2,1-4H3,(H,24,25). The van der Waals surface area contributed by atoms with Gasteiger partial charge in [0.1, 0.15) is 0 Å². The van der Waals surface area contributed by atoms with Crippen molar-refractivity contribution in [1.82, 2.24) is 15.1 Å². The number of morpholine rings is 1. The number of aliphatic imine (C=N–C) groups is 1. The molecule has 0 spiro atoms. The zero-order valence-electron chi connectivity index (χ0n) is 18.5. The summed E-state index contributed by atoms with van der Waals surface area (Å²) in [5.41, 5.74) is 1.37. The van der Waals surface area contributed by atoms with Gasteiger partial charge in [0, 0.05) is 46.4 Å². The first kappa shape index (κ1) is 22.1. The highest BCUT2D eigenvalue weighted by Gasteiger charge is 2.41. The Morgan fingerprint density at radius 3 is 2.76 bits per heavy atom. The lowest BCUT2D eigenvalue weighted by Crippen LogP contribution is -2.50. The minimum atomic E-state index is 0.248. The fourth-order valence-corrected chi connectivity index (χ4v) is 4.43. The van der Waals surface area contributed by atoms with Crippen molar-refractivity contribution in [2.24, 2.45) is 10.9 Å². The molecule has 162 valence electrons. The van der Waals surface area contributed by atoms with Crippen molar-refractivity contribution in [3.05, 3.63) is 35.9 Å². The topological polar surface area (TPSA) is 49.3 Å². The molecule has 1 aromatic carbocycles. The Morgan fingerprint density at radius 2 is 2.07 bits per heavy atom. The first-order valence-electron chi connectivity index (χ1n) is 11.1. The summed E-state index contributed by atoms with van der Waals surface area (Å²) < 4.78 is 12.0. The Balaban J connectivity index is 1.54. The predicted octanol–water partition coefficient (Wildman–Crippen LogP) is 2.60. The van der Waals surface area contributed by atoms with Gasteiger partial charge in [-0.2, -0.15) is 0 Å². The molecule has 0 aliphatic carbocycles. The highest BCUT2D eigenvalue weighted by molar-refractivity contribution is 5.80. The number of hydrogen-bond donors (Lipinski definition) is 1. The van der Waals surface area contributed by atoms with Crippen LogP contribution in [0.4, 0.5) is 0 Å². The number of likely N-dealkylation sites (tertiary alicyclic amines) is 1. The van der Waals surface area contributed by atoms with Gasteiger partial charge >= 0.3 is 0 Å². The number of guanidine groups is 1. The summed E-state index contributed by atoms with van der Waals surface area (Å²) in [5, 5.41) is 3.55. The minimum Gasteiger partial charge on any atom is -0.378 e. The molecule has 2 saturated heterocycles. The second kappa shape index (κ2) is 11.0. The molecule has 0 bridgehead atoms. The van der Waals surface area contributed by atoms with E-state index in [9.17, 15) is 0 Å². The molecule has 3 atom stereocenters. The molecule has 6 heteroatoms. The van der Waals surface area contributed by atoms with E-state index in [1.807, 2.05) is 7.05 Å². The van der Waals surface area contributed by atoms with E-state index in [2.05, 4.69) is 71.2 Å². The lowest BCUT2D eigenvalue weighted by Gasteiger charge is -2.36. The maximum atomic E-state index is 6.11. The lowest BCUT2D eigenvalue weighted by atomic mass is 10.0.